The first kappa shape index (κ1) is 19.7. The van der Waals surface area contributed by atoms with Crippen molar-refractivity contribution >= 4 is 28.7 Å². The molecule has 3 N–H and O–H groups in total. The summed E-state index contributed by atoms with van der Waals surface area (Å²) >= 11 is 0. The molecule has 6 nitrogen and oxygen atoms in total. The first-order valence-corrected chi connectivity index (χ1v) is 10.9. The van der Waals surface area contributed by atoms with Crippen LogP contribution in [0.3, 0.4) is 0 Å². The smallest absolute Gasteiger partial charge is 0.253 e. The summed E-state index contributed by atoms with van der Waals surface area (Å²) in [5.41, 5.74) is 13.7. The highest BCUT2D eigenvalue weighted by Gasteiger charge is 2.24. The van der Waals surface area contributed by atoms with Crippen molar-refractivity contribution < 1.29 is 4.79 Å². The van der Waals surface area contributed by atoms with Gasteiger partial charge in [-0.15, -0.1) is 0 Å². The first-order valence-electron chi connectivity index (χ1n) is 10.9. The second kappa shape index (κ2) is 7.78. The second-order valence-electron chi connectivity index (χ2n) is 8.55. The van der Waals surface area contributed by atoms with Crippen molar-refractivity contribution in [3.63, 3.8) is 0 Å². The molecule has 0 spiro atoms. The molecule has 158 valence electrons. The maximum atomic E-state index is 12.9. The van der Waals surface area contributed by atoms with Crippen LogP contribution in [0.5, 0.6) is 0 Å². The lowest BCUT2D eigenvalue weighted by molar-refractivity contribution is 0.0664. The molecular formula is C25H27N5O. The van der Waals surface area contributed by atoms with Crippen LogP contribution < -0.4 is 5.73 Å². The maximum Gasteiger partial charge on any atom is 0.253 e. The monoisotopic (exact) mass is 413 g/mol. The van der Waals surface area contributed by atoms with Crippen molar-refractivity contribution in [3.8, 4) is 11.3 Å². The highest BCUT2D eigenvalue weighted by molar-refractivity contribution is 6.05. The molecule has 1 saturated heterocycles. The van der Waals surface area contributed by atoms with E-state index >= 15 is 0 Å². The van der Waals surface area contributed by atoms with Crippen LogP contribution in [0.2, 0.25) is 0 Å². The Kier molecular flexibility index (Phi) is 4.94. The molecule has 2 aliphatic rings. The summed E-state index contributed by atoms with van der Waals surface area (Å²) in [4.78, 5) is 22.0. The fourth-order valence-corrected chi connectivity index (χ4v) is 4.86. The van der Waals surface area contributed by atoms with E-state index in [-0.39, 0.29) is 5.91 Å². The number of piperazine rings is 1. The van der Waals surface area contributed by atoms with Gasteiger partial charge in [-0.3, -0.25) is 4.79 Å². The lowest BCUT2D eigenvalue weighted by atomic mass is 9.95. The van der Waals surface area contributed by atoms with Crippen molar-refractivity contribution in [1.82, 2.24) is 14.8 Å². The van der Waals surface area contributed by atoms with Crippen molar-refractivity contribution in [2.45, 2.75) is 19.3 Å². The number of nitrogens with two attached hydrogens (primary N) is 1. The van der Waals surface area contributed by atoms with E-state index in [1.807, 2.05) is 41.3 Å². The van der Waals surface area contributed by atoms with Crippen LogP contribution in [-0.2, 0) is 12.8 Å². The number of amides is 1. The second-order valence-corrected chi connectivity index (χ2v) is 8.55. The van der Waals surface area contributed by atoms with Crippen LogP contribution in [0, 0.1) is 5.41 Å². The Morgan fingerprint density at radius 3 is 2.45 bits per heavy atom. The number of nitrogens with one attached hydrogen (secondary N) is 1. The Labute approximate surface area is 182 Å². The topological polar surface area (TPSA) is 86.3 Å². The minimum atomic E-state index is 0.0995. The molecular weight excluding hydrogens is 386 g/mol. The molecule has 6 heteroatoms. The standard InChI is InChI=1S/C25H27N5O/c1-29-11-13-30(14-12-29)25(31)17-7-5-16(6-8-17)24-19-4-2-3-18(19)23-20(15-26)21(27)9-10-22(23)28-24/h5-10,15,26H,2-4,11-14,27H2,1H3. The molecule has 31 heavy (non-hydrogen) atoms. The lowest BCUT2D eigenvalue weighted by Crippen LogP contribution is -2.47. The van der Waals surface area contributed by atoms with Crippen LogP contribution in [-0.4, -0.2) is 60.1 Å². The summed E-state index contributed by atoms with van der Waals surface area (Å²) in [6.45, 7) is 3.38. The molecule has 0 unspecified atom stereocenters. The molecule has 1 amide bonds. The number of hydrogen-bond donors (Lipinski definition) is 2. The normalized spacial score (nSPS) is 16.5. The lowest BCUT2D eigenvalue weighted by Gasteiger charge is -2.32. The average Bonchev–Trinajstić information content (AvgIpc) is 3.29. The minimum Gasteiger partial charge on any atom is -0.398 e. The summed E-state index contributed by atoms with van der Waals surface area (Å²) < 4.78 is 0. The number of aryl methyl sites for hydroxylation is 1. The number of nitrogen functional groups attached to an aromatic ring is 1. The Morgan fingerprint density at radius 2 is 1.74 bits per heavy atom. The third-order valence-corrected chi connectivity index (χ3v) is 6.64. The maximum absolute atomic E-state index is 12.9. The van der Waals surface area contributed by atoms with Gasteiger partial charge in [-0.25, -0.2) is 4.98 Å². The van der Waals surface area contributed by atoms with Gasteiger partial charge in [0.15, 0.2) is 0 Å². The molecule has 0 saturated carbocycles. The van der Waals surface area contributed by atoms with Crippen LogP contribution in [0.15, 0.2) is 36.4 Å². The number of likely N-dealkylation sites (N-methyl/N-ethyl adjacent to an activating group) is 1. The van der Waals surface area contributed by atoms with Gasteiger partial charge in [-0.1, -0.05) is 12.1 Å². The molecule has 1 aromatic heterocycles. The molecule has 3 aromatic rings. The quantitative estimate of drug-likeness (QED) is 0.509. The van der Waals surface area contributed by atoms with Gasteiger partial charge in [0.2, 0.25) is 0 Å². The van der Waals surface area contributed by atoms with E-state index in [1.54, 1.807) is 0 Å². The predicted molar refractivity (Wildman–Crippen MR) is 125 cm³/mol. The SMILES string of the molecule is CN1CCN(C(=O)c2ccc(-c3nc4ccc(N)c(C=N)c4c4c3CCC4)cc2)CC1. The van der Waals surface area contributed by atoms with Gasteiger partial charge in [0, 0.05) is 60.2 Å². The average molecular weight is 414 g/mol. The van der Waals surface area contributed by atoms with Crippen LogP contribution in [0.1, 0.15) is 33.5 Å². The van der Waals surface area contributed by atoms with Gasteiger partial charge in [0.25, 0.3) is 5.91 Å². The predicted octanol–water partition coefficient (Wildman–Crippen LogP) is 3.36. The Hall–Kier alpha value is -3.25. The summed E-state index contributed by atoms with van der Waals surface area (Å²) in [6, 6.07) is 11.7. The van der Waals surface area contributed by atoms with Gasteiger partial charge in [0.05, 0.1) is 11.2 Å². The van der Waals surface area contributed by atoms with Crippen LogP contribution >= 0.6 is 0 Å². The van der Waals surface area contributed by atoms with Gasteiger partial charge >= 0.3 is 0 Å². The molecule has 2 heterocycles. The fraction of sp³-hybridized carbons (Fsp3) is 0.320. The zero-order chi connectivity index (χ0) is 21.5. The van der Waals surface area contributed by atoms with Crippen molar-refractivity contribution in [2.75, 3.05) is 39.0 Å². The van der Waals surface area contributed by atoms with E-state index in [4.69, 9.17) is 16.1 Å². The van der Waals surface area contributed by atoms with E-state index in [9.17, 15) is 4.79 Å². The Balaban J connectivity index is 1.52. The number of pyridine rings is 1. The van der Waals surface area contributed by atoms with E-state index < -0.39 is 0 Å². The summed E-state index contributed by atoms with van der Waals surface area (Å²) in [7, 11) is 2.09. The number of hydrogen-bond acceptors (Lipinski definition) is 5. The molecule has 2 aromatic carbocycles. The fourth-order valence-electron chi connectivity index (χ4n) is 4.86. The minimum absolute atomic E-state index is 0.0995. The van der Waals surface area contributed by atoms with Gasteiger partial charge in [-0.05, 0) is 61.7 Å². The zero-order valence-corrected chi connectivity index (χ0v) is 17.8. The molecule has 0 bridgehead atoms. The molecule has 1 fully saturated rings. The van der Waals surface area contributed by atoms with E-state index in [0.29, 0.717) is 5.69 Å². The molecule has 0 atom stereocenters. The molecule has 5 rings (SSSR count). The van der Waals surface area contributed by atoms with Crippen molar-refractivity contribution in [3.05, 3.63) is 58.7 Å². The first-order chi connectivity index (χ1) is 15.1. The number of fused-ring (bicyclic) bond motifs is 3. The Bertz CT molecular complexity index is 1180. The number of anilines is 1. The van der Waals surface area contributed by atoms with Gasteiger partial charge in [-0.2, -0.15) is 0 Å². The summed E-state index contributed by atoms with van der Waals surface area (Å²) in [5.74, 6) is 0.0995. The number of carbonyl (C=O) groups excluding carboxylic acids is 1. The van der Waals surface area contributed by atoms with Crippen molar-refractivity contribution in [1.29, 1.82) is 5.41 Å². The van der Waals surface area contributed by atoms with Gasteiger partial charge in [0.1, 0.15) is 0 Å². The third-order valence-electron chi connectivity index (χ3n) is 6.64. The Morgan fingerprint density at radius 1 is 1.03 bits per heavy atom. The van der Waals surface area contributed by atoms with E-state index in [1.165, 1.54) is 17.3 Å². The molecule has 0 radical (unpaired) electrons. The largest absolute Gasteiger partial charge is 0.398 e. The number of aromatic nitrogens is 1. The summed E-state index contributed by atoms with van der Waals surface area (Å²) in [5, 5.41) is 8.86. The molecule has 1 aliphatic heterocycles. The number of carbonyl (C=O) groups is 1. The van der Waals surface area contributed by atoms with E-state index in [0.717, 1.165) is 78.7 Å². The van der Waals surface area contributed by atoms with E-state index in [2.05, 4.69) is 11.9 Å². The zero-order valence-electron chi connectivity index (χ0n) is 17.8. The molecule has 1 aliphatic carbocycles. The third kappa shape index (κ3) is 3.37. The summed E-state index contributed by atoms with van der Waals surface area (Å²) in [6.07, 6.45) is 4.37. The van der Waals surface area contributed by atoms with Crippen LogP contribution in [0.4, 0.5) is 5.69 Å². The highest BCUT2D eigenvalue weighted by Crippen LogP contribution is 2.38. The van der Waals surface area contributed by atoms with Crippen molar-refractivity contribution in [2.24, 2.45) is 0 Å². The number of rotatable bonds is 3. The van der Waals surface area contributed by atoms with Gasteiger partial charge < -0.3 is 20.9 Å². The number of benzene rings is 2. The van der Waals surface area contributed by atoms with Crippen LogP contribution in [0.25, 0.3) is 22.2 Å². The number of nitrogens with zero attached hydrogens (tertiary/aromatic N) is 3. The highest BCUT2D eigenvalue weighted by atomic mass is 16.2.